The van der Waals surface area contributed by atoms with E-state index in [2.05, 4.69) is 4.98 Å². The maximum Gasteiger partial charge on any atom is 0.221 e. The normalized spacial score (nSPS) is 13.1. The molecule has 0 radical (unpaired) electrons. The highest BCUT2D eigenvalue weighted by molar-refractivity contribution is 8.22. The Kier molecular flexibility index (Phi) is 7.44. The molecular weight excluding hydrogens is 443 g/mol. The molecule has 140 valence electrons. The third-order valence-corrected chi connectivity index (χ3v) is 6.38. The van der Waals surface area contributed by atoms with Crippen LogP contribution in [0.5, 0.6) is 0 Å². The predicted octanol–water partition coefficient (Wildman–Crippen LogP) is 6.90. The van der Waals surface area contributed by atoms with Crippen molar-refractivity contribution in [1.82, 2.24) is 9.55 Å². The summed E-state index contributed by atoms with van der Waals surface area (Å²) in [7, 11) is 0. The third kappa shape index (κ3) is 5.87. The molecule has 8 heteroatoms. The van der Waals surface area contributed by atoms with Crippen LogP contribution in [0.4, 0.5) is 0 Å². The smallest absolute Gasteiger partial charge is 0.221 e. The van der Waals surface area contributed by atoms with Gasteiger partial charge in [0.15, 0.2) is 0 Å². The van der Waals surface area contributed by atoms with Crippen LogP contribution >= 0.6 is 58.8 Å². The zero-order valence-corrected chi connectivity index (χ0v) is 17.9. The number of thiocarbonyl (C=S) groups is 1. The van der Waals surface area contributed by atoms with Crippen LogP contribution in [0, 0.1) is 0 Å². The quantitative estimate of drug-likeness (QED) is 0.297. The number of rotatable bonds is 6. The van der Waals surface area contributed by atoms with E-state index in [9.17, 15) is 0 Å². The van der Waals surface area contributed by atoms with E-state index in [1.165, 1.54) is 11.8 Å². The van der Waals surface area contributed by atoms with Gasteiger partial charge in [0.2, 0.25) is 4.38 Å². The van der Waals surface area contributed by atoms with Crippen LogP contribution in [-0.4, -0.2) is 13.9 Å². The number of imidazole rings is 1. The lowest BCUT2D eigenvalue weighted by Crippen LogP contribution is -2.12. The summed E-state index contributed by atoms with van der Waals surface area (Å²) in [6.45, 7) is 0.369. The van der Waals surface area contributed by atoms with Crippen molar-refractivity contribution < 1.29 is 4.74 Å². The molecule has 0 aliphatic carbocycles. The number of alkyl halides is 1. The van der Waals surface area contributed by atoms with Crippen LogP contribution in [0.15, 0.2) is 67.3 Å². The Labute approximate surface area is 182 Å². The molecule has 0 bridgehead atoms. The maximum atomic E-state index is 6.71. The second kappa shape index (κ2) is 9.80. The summed E-state index contributed by atoms with van der Waals surface area (Å²) >= 11 is 25.5. The SMILES string of the molecule is S=C(OCc1ccc(Cl)cc1)SC(c1ccc(Cl)cc1)C(Cl)n1ccnc1. The average Bonchev–Trinajstić information content (AvgIpc) is 3.21. The molecule has 2 unspecified atom stereocenters. The van der Waals surface area contributed by atoms with Crippen molar-refractivity contribution in [2.24, 2.45) is 0 Å². The fourth-order valence-corrected chi connectivity index (χ4v) is 4.29. The number of aromatic nitrogens is 2. The standard InChI is InChI=1S/C19H15Cl3N2OS2/c20-15-5-1-13(2-6-15)11-25-19(26)27-17(14-3-7-16(21)8-4-14)18(22)24-10-9-23-12-24/h1-10,12,17-18H,11H2. The highest BCUT2D eigenvalue weighted by Crippen LogP contribution is 2.42. The number of halogens is 3. The van der Waals surface area contributed by atoms with Gasteiger partial charge >= 0.3 is 0 Å². The fraction of sp³-hybridized carbons (Fsp3) is 0.158. The van der Waals surface area contributed by atoms with Crippen molar-refractivity contribution in [3.8, 4) is 0 Å². The molecule has 1 heterocycles. The Morgan fingerprint density at radius 3 is 2.30 bits per heavy atom. The first-order valence-corrected chi connectivity index (χ1v) is 10.5. The first-order valence-electron chi connectivity index (χ1n) is 7.98. The van der Waals surface area contributed by atoms with E-state index in [4.69, 9.17) is 51.8 Å². The first-order chi connectivity index (χ1) is 13.0. The summed E-state index contributed by atoms with van der Waals surface area (Å²) in [5.41, 5.74) is 1.59. The van der Waals surface area contributed by atoms with Crippen molar-refractivity contribution in [3.05, 3.63) is 88.4 Å². The molecule has 0 N–H and O–H groups in total. The van der Waals surface area contributed by atoms with Gasteiger partial charge in [-0.05, 0) is 47.6 Å². The zero-order valence-electron chi connectivity index (χ0n) is 14.0. The highest BCUT2D eigenvalue weighted by atomic mass is 35.5. The molecule has 27 heavy (non-hydrogen) atoms. The summed E-state index contributed by atoms with van der Waals surface area (Å²) in [6.07, 6.45) is 5.19. The van der Waals surface area contributed by atoms with Crippen LogP contribution in [0.25, 0.3) is 0 Å². The van der Waals surface area contributed by atoms with Gasteiger partial charge in [0.1, 0.15) is 12.1 Å². The number of hydrogen-bond donors (Lipinski definition) is 0. The second-order valence-corrected chi connectivity index (χ2v) is 8.70. The van der Waals surface area contributed by atoms with Gasteiger partial charge in [-0.2, -0.15) is 0 Å². The maximum absolute atomic E-state index is 6.71. The summed E-state index contributed by atoms with van der Waals surface area (Å²) in [5.74, 6) is 0. The van der Waals surface area contributed by atoms with E-state index in [-0.39, 0.29) is 5.25 Å². The molecule has 1 aromatic heterocycles. The van der Waals surface area contributed by atoms with Gasteiger partial charge in [0, 0.05) is 22.4 Å². The number of nitrogens with zero attached hydrogens (tertiary/aromatic N) is 2. The van der Waals surface area contributed by atoms with Gasteiger partial charge < -0.3 is 9.30 Å². The van der Waals surface area contributed by atoms with Gasteiger partial charge in [-0.15, -0.1) is 0 Å². The van der Waals surface area contributed by atoms with E-state index in [0.29, 0.717) is 21.0 Å². The number of benzene rings is 2. The summed E-state index contributed by atoms with van der Waals surface area (Å²) in [5, 5.41) is 1.18. The average molecular weight is 458 g/mol. The molecule has 3 nitrogen and oxygen atoms in total. The minimum Gasteiger partial charge on any atom is -0.474 e. The molecule has 0 spiro atoms. The Morgan fingerprint density at radius 2 is 1.70 bits per heavy atom. The number of ether oxygens (including phenoxy) is 1. The molecular formula is C19H15Cl3N2OS2. The molecule has 2 aromatic carbocycles. The lowest BCUT2D eigenvalue weighted by molar-refractivity contribution is 0.310. The van der Waals surface area contributed by atoms with Crippen molar-refractivity contribution >= 4 is 63.2 Å². The van der Waals surface area contributed by atoms with Crippen molar-refractivity contribution in [2.45, 2.75) is 17.4 Å². The Morgan fingerprint density at radius 1 is 1.07 bits per heavy atom. The highest BCUT2D eigenvalue weighted by Gasteiger charge is 2.25. The van der Waals surface area contributed by atoms with E-state index >= 15 is 0 Å². The van der Waals surface area contributed by atoms with E-state index in [1.807, 2.05) is 59.3 Å². The second-order valence-electron chi connectivity index (χ2n) is 5.64. The summed E-state index contributed by atoms with van der Waals surface area (Å²) in [4.78, 5) is 4.07. The van der Waals surface area contributed by atoms with Crippen LogP contribution < -0.4 is 0 Å². The monoisotopic (exact) mass is 456 g/mol. The van der Waals surface area contributed by atoms with Crippen LogP contribution in [0.2, 0.25) is 10.0 Å². The Balaban J connectivity index is 1.71. The van der Waals surface area contributed by atoms with Crippen LogP contribution in [0.1, 0.15) is 21.9 Å². The molecule has 0 fully saturated rings. The van der Waals surface area contributed by atoms with Crippen molar-refractivity contribution in [2.75, 3.05) is 0 Å². The number of thioether (sulfide) groups is 1. The predicted molar refractivity (Wildman–Crippen MR) is 118 cm³/mol. The van der Waals surface area contributed by atoms with Crippen molar-refractivity contribution in [3.63, 3.8) is 0 Å². The van der Waals surface area contributed by atoms with E-state index < -0.39 is 5.50 Å². The molecule has 3 aromatic rings. The molecule has 2 atom stereocenters. The molecule has 0 aliphatic rings. The van der Waals surface area contributed by atoms with Gasteiger partial charge in [-0.1, -0.05) is 70.8 Å². The fourth-order valence-electron chi connectivity index (χ4n) is 2.37. The summed E-state index contributed by atoms with van der Waals surface area (Å²) < 4.78 is 7.99. The molecule has 0 saturated heterocycles. The summed E-state index contributed by atoms with van der Waals surface area (Å²) in [6, 6.07) is 15.0. The van der Waals surface area contributed by atoms with Gasteiger partial charge in [-0.25, -0.2) is 4.98 Å². The topological polar surface area (TPSA) is 27.1 Å². The molecule has 0 saturated carbocycles. The Hall–Kier alpha value is -1.24. The van der Waals surface area contributed by atoms with Crippen LogP contribution in [0.3, 0.4) is 0 Å². The van der Waals surface area contributed by atoms with E-state index in [0.717, 1.165) is 11.1 Å². The van der Waals surface area contributed by atoms with Gasteiger partial charge in [0.25, 0.3) is 0 Å². The number of hydrogen-bond acceptors (Lipinski definition) is 4. The minimum absolute atomic E-state index is 0.171. The van der Waals surface area contributed by atoms with Gasteiger partial charge in [-0.3, -0.25) is 0 Å². The Bertz CT molecular complexity index is 871. The lowest BCUT2D eigenvalue weighted by Gasteiger charge is -2.23. The first kappa shape index (κ1) is 20.5. The zero-order chi connectivity index (χ0) is 19.2. The third-order valence-electron chi connectivity index (χ3n) is 3.75. The molecule has 3 rings (SSSR count). The molecule has 0 aliphatic heterocycles. The van der Waals surface area contributed by atoms with E-state index in [1.54, 1.807) is 12.5 Å². The molecule has 0 amide bonds. The largest absolute Gasteiger partial charge is 0.474 e. The lowest BCUT2D eigenvalue weighted by atomic mass is 10.1. The van der Waals surface area contributed by atoms with Gasteiger partial charge in [0.05, 0.1) is 11.6 Å². The van der Waals surface area contributed by atoms with Crippen molar-refractivity contribution in [1.29, 1.82) is 0 Å². The van der Waals surface area contributed by atoms with Crippen LogP contribution in [-0.2, 0) is 11.3 Å². The minimum atomic E-state index is -0.393.